The second-order valence-corrected chi connectivity index (χ2v) is 4.73. The van der Waals surface area contributed by atoms with E-state index in [1.54, 1.807) is 0 Å². The molecule has 0 saturated heterocycles. The van der Waals surface area contributed by atoms with E-state index in [-0.39, 0.29) is 0 Å². The van der Waals surface area contributed by atoms with Crippen LogP contribution < -0.4 is 10.6 Å². The third-order valence-electron chi connectivity index (χ3n) is 3.30. The van der Waals surface area contributed by atoms with Crippen molar-refractivity contribution < 1.29 is 4.74 Å². The summed E-state index contributed by atoms with van der Waals surface area (Å²) in [7, 11) is 0. The Morgan fingerprint density at radius 2 is 2.18 bits per heavy atom. The van der Waals surface area contributed by atoms with Crippen LogP contribution in [0.5, 0.6) is 0 Å². The van der Waals surface area contributed by atoms with Gasteiger partial charge in [0.15, 0.2) is 0 Å². The van der Waals surface area contributed by atoms with Gasteiger partial charge in [0, 0.05) is 24.7 Å². The predicted octanol–water partition coefficient (Wildman–Crippen LogP) is 0.743. The molecule has 2 N–H and O–H groups in total. The average Bonchev–Trinajstić information content (AvgIpc) is 3.04. The Labute approximate surface area is 101 Å². The fourth-order valence-electron chi connectivity index (χ4n) is 2.38. The van der Waals surface area contributed by atoms with Crippen LogP contribution in [0.25, 0.3) is 0 Å². The number of aromatic nitrogens is 2. The van der Waals surface area contributed by atoms with Crippen LogP contribution >= 0.6 is 0 Å². The summed E-state index contributed by atoms with van der Waals surface area (Å²) in [4.78, 5) is 11.4. The molecule has 1 saturated carbocycles. The van der Waals surface area contributed by atoms with E-state index in [2.05, 4.69) is 14.9 Å². The molecule has 92 valence electrons. The third kappa shape index (κ3) is 2.00. The number of anilines is 1. The fourth-order valence-corrected chi connectivity index (χ4v) is 2.38. The maximum atomic E-state index is 5.70. The van der Waals surface area contributed by atoms with Crippen molar-refractivity contribution in [3.05, 3.63) is 17.1 Å². The van der Waals surface area contributed by atoms with Crippen LogP contribution in [-0.4, -0.2) is 29.1 Å². The summed E-state index contributed by atoms with van der Waals surface area (Å²) in [5, 5.41) is 0. The first-order valence-electron chi connectivity index (χ1n) is 6.20. The third-order valence-corrected chi connectivity index (χ3v) is 3.30. The Morgan fingerprint density at radius 1 is 1.35 bits per heavy atom. The van der Waals surface area contributed by atoms with Crippen LogP contribution in [0.2, 0.25) is 0 Å². The zero-order chi connectivity index (χ0) is 11.8. The first-order chi connectivity index (χ1) is 8.29. The lowest BCUT2D eigenvalue weighted by molar-refractivity contribution is 0.133. The van der Waals surface area contributed by atoms with E-state index in [4.69, 9.17) is 10.5 Å². The zero-order valence-corrected chi connectivity index (χ0v) is 10.1. The highest BCUT2D eigenvalue weighted by Crippen LogP contribution is 2.35. The smallest absolute Gasteiger partial charge is 0.138 e. The van der Waals surface area contributed by atoms with Gasteiger partial charge in [0.1, 0.15) is 11.6 Å². The Bertz CT molecular complexity index is 431. The molecule has 5 nitrogen and oxygen atoms in total. The Kier molecular flexibility index (Phi) is 2.72. The van der Waals surface area contributed by atoms with Crippen molar-refractivity contribution in [2.75, 3.05) is 18.0 Å². The summed E-state index contributed by atoms with van der Waals surface area (Å²) in [5.41, 5.74) is 7.91. The zero-order valence-electron chi connectivity index (χ0n) is 10.1. The number of hydrogen-bond donors (Lipinski definition) is 1. The molecule has 1 aliphatic carbocycles. The standard InChI is InChI=1S/C12H18N4O/c1-8-14-11-7-17-6-10(11)12(15-8)16(5-4-13)9-2-3-9/h9H,2-7,13H2,1H3. The number of hydrogen-bond acceptors (Lipinski definition) is 5. The molecule has 0 amide bonds. The molecule has 1 aromatic heterocycles. The first-order valence-corrected chi connectivity index (χ1v) is 6.20. The SMILES string of the molecule is Cc1nc2c(c(N(CCN)C3CC3)n1)COC2. The number of nitrogens with zero attached hydrogens (tertiary/aromatic N) is 3. The molecule has 1 aromatic rings. The van der Waals surface area contributed by atoms with E-state index >= 15 is 0 Å². The minimum Gasteiger partial charge on any atom is -0.370 e. The van der Waals surface area contributed by atoms with Gasteiger partial charge in [-0.1, -0.05) is 0 Å². The maximum absolute atomic E-state index is 5.70. The van der Waals surface area contributed by atoms with Gasteiger partial charge in [-0.2, -0.15) is 0 Å². The van der Waals surface area contributed by atoms with Crippen LogP contribution in [0.1, 0.15) is 29.9 Å². The molecule has 0 radical (unpaired) electrons. The van der Waals surface area contributed by atoms with Crippen molar-refractivity contribution in [3.8, 4) is 0 Å². The lowest BCUT2D eigenvalue weighted by Gasteiger charge is -2.24. The van der Waals surface area contributed by atoms with Crippen LogP contribution in [0.4, 0.5) is 5.82 Å². The Hall–Kier alpha value is -1.20. The highest BCUT2D eigenvalue weighted by Gasteiger charge is 2.32. The van der Waals surface area contributed by atoms with E-state index in [0.29, 0.717) is 25.8 Å². The molecule has 0 bridgehead atoms. The molecule has 5 heteroatoms. The minimum absolute atomic E-state index is 0.618. The van der Waals surface area contributed by atoms with E-state index in [1.807, 2.05) is 6.92 Å². The minimum atomic E-state index is 0.618. The molecular weight excluding hydrogens is 216 g/mol. The van der Waals surface area contributed by atoms with Gasteiger partial charge < -0.3 is 15.4 Å². The topological polar surface area (TPSA) is 64.3 Å². The average molecular weight is 234 g/mol. The monoisotopic (exact) mass is 234 g/mol. The van der Waals surface area contributed by atoms with Gasteiger partial charge in [0.05, 0.1) is 18.9 Å². The van der Waals surface area contributed by atoms with Gasteiger partial charge in [-0.25, -0.2) is 9.97 Å². The highest BCUT2D eigenvalue weighted by atomic mass is 16.5. The molecule has 0 unspecified atom stereocenters. The molecule has 0 spiro atoms. The second-order valence-electron chi connectivity index (χ2n) is 4.73. The number of aryl methyl sites for hydroxylation is 1. The molecule has 0 aromatic carbocycles. The molecule has 2 heterocycles. The van der Waals surface area contributed by atoms with Crippen molar-refractivity contribution in [1.82, 2.24) is 9.97 Å². The number of rotatable bonds is 4. The largest absolute Gasteiger partial charge is 0.370 e. The molecule has 0 atom stereocenters. The molecule has 3 rings (SSSR count). The summed E-state index contributed by atoms with van der Waals surface area (Å²) >= 11 is 0. The predicted molar refractivity (Wildman–Crippen MR) is 64.7 cm³/mol. The summed E-state index contributed by atoms with van der Waals surface area (Å²) in [6.45, 7) is 4.73. The Balaban J connectivity index is 2.00. The van der Waals surface area contributed by atoms with E-state index in [9.17, 15) is 0 Å². The van der Waals surface area contributed by atoms with Crippen molar-refractivity contribution in [3.63, 3.8) is 0 Å². The van der Waals surface area contributed by atoms with Crippen molar-refractivity contribution in [2.45, 2.75) is 39.0 Å². The molecule has 1 aliphatic heterocycles. The van der Waals surface area contributed by atoms with E-state index < -0.39 is 0 Å². The molecule has 17 heavy (non-hydrogen) atoms. The second kappa shape index (κ2) is 4.23. The fraction of sp³-hybridized carbons (Fsp3) is 0.667. The van der Waals surface area contributed by atoms with Crippen molar-refractivity contribution >= 4 is 5.82 Å². The van der Waals surface area contributed by atoms with Crippen LogP contribution in [-0.2, 0) is 18.0 Å². The quantitative estimate of drug-likeness (QED) is 0.832. The number of nitrogens with two attached hydrogens (primary N) is 1. The lowest BCUT2D eigenvalue weighted by Crippen LogP contribution is -2.33. The van der Waals surface area contributed by atoms with Gasteiger partial charge in [0.2, 0.25) is 0 Å². The van der Waals surface area contributed by atoms with Gasteiger partial charge in [0.25, 0.3) is 0 Å². The van der Waals surface area contributed by atoms with Crippen molar-refractivity contribution in [2.24, 2.45) is 5.73 Å². The van der Waals surface area contributed by atoms with E-state index in [0.717, 1.165) is 29.4 Å². The first kappa shape index (κ1) is 10.9. The van der Waals surface area contributed by atoms with E-state index in [1.165, 1.54) is 12.8 Å². The van der Waals surface area contributed by atoms with Gasteiger partial charge in [-0.15, -0.1) is 0 Å². The molecule has 1 fully saturated rings. The summed E-state index contributed by atoms with van der Waals surface area (Å²) < 4.78 is 5.48. The number of ether oxygens (including phenoxy) is 1. The van der Waals surface area contributed by atoms with Crippen LogP contribution in [0, 0.1) is 6.92 Å². The van der Waals surface area contributed by atoms with Gasteiger partial charge >= 0.3 is 0 Å². The normalized spacial score (nSPS) is 18.2. The highest BCUT2D eigenvalue weighted by molar-refractivity contribution is 5.51. The summed E-state index contributed by atoms with van der Waals surface area (Å²) in [6, 6.07) is 0.623. The van der Waals surface area contributed by atoms with Crippen molar-refractivity contribution in [1.29, 1.82) is 0 Å². The molecule has 2 aliphatic rings. The maximum Gasteiger partial charge on any atom is 0.138 e. The van der Waals surface area contributed by atoms with Crippen LogP contribution in [0.15, 0.2) is 0 Å². The molecular formula is C12H18N4O. The van der Waals surface area contributed by atoms with Gasteiger partial charge in [-0.05, 0) is 19.8 Å². The summed E-state index contributed by atoms with van der Waals surface area (Å²) in [6.07, 6.45) is 2.50. The lowest BCUT2D eigenvalue weighted by atomic mass is 10.2. The summed E-state index contributed by atoms with van der Waals surface area (Å²) in [5.74, 6) is 1.88. The Morgan fingerprint density at radius 3 is 2.88 bits per heavy atom. The van der Waals surface area contributed by atoms with Gasteiger partial charge in [-0.3, -0.25) is 0 Å². The number of fused-ring (bicyclic) bond motifs is 1. The van der Waals surface area contributed by atoms with Crippen LogP contribution in [0.3, 0.4) is 0 Å².